The average molecular weight is 185 g/mol. The molecule has 0 bridgehead atoms. The number of rotatable bonds is 2. The van der Waals surface area contributed by atoms with E-state index in [2.05, 4.69) is 5.32 Å². The smallest absolute Gasteiger partial charge is 0.358 e. The summed E-state index contributed by atoms with van der Waals surface area (Å²) in [5.74, 6) is 0.663. The number of nitrogens with one attached hydrogen (secondary N) is 1. The minimum atomic E-state index is -0.134. The van der Waals surface area contributed by atoms with Crippen LogP contribution in [0.5, 0.6) is 0 Å². The van der Waals surface area contributed by atoms with Gasteiger partial charge in [0.05, 0.1) is 6.67 Å². The fourth-order valence-corrected chi connectivity index (χ4v) is 1.32. The normalized spacial score (nSPS) is 18.3. The van der Waals surface area contributed by atoms with E-state index < -0.39 is 0 Å². The molecule has 0 atom stereocenters. The van der Waals surface area contributed by atoms with Crippen LogP contribution < -0.4 is 56.7 Å². The monoisotopic (exact) mass is 185 g/mol. The van der Waals surface area contributed by atoms with E-state index in [1.54, 1.807) is 0 Å². The van der Waals surface area contributed by atoms with Gasteiger partial charge in [0.15, 0.2) is 0 Å². The topological polar surface area (TPSA) is 12.0 Å². The Morgan fingerprint density at radius 1 is 1.27 bits per heavy atom. The minimum Gasteiger partial charge on any atom is -0.358 e. The fourth-order valence-electron chi connectivity index (χ4n) is 1.32. The summed E-state index contributed by atoms with van der Waals surface area (Å²) in [5, 5.41) is 3.25. The molecule has 0 saturated carbocycles. The van der Waals surface area contributed by atoms with Crippen molar-refractivity contribution < 1.29 is 55.8 Å². The van der Waals surface area contributed by atoms with E-state index in [1.165, 1.54) is 12.8 Å². The number of hydrogen-bond donors (Lipinski definition) is 1. The van der Waals surface area contributed by atoms with Crippen LogP contribution in [-0.4, -0.2) is 19.8 Å². The third-order valence-electron chi connectivity index (χ3n) is 1.98. The molecular weight excluding hydrogens is 168 g/mol. The molecule has 62 valence electrons. The van der Waals surface area contributed by atoms with E-state index in [4.69, 9.17) is 0 Å². The molecular formula is C8H17FKN. The second-order valence-corrected chi connectivity index (χ2v) is 2.67. The standard InChI is InChI=1S/C7H14FN.CH3.K/c8-4-1-7-2-5-9-6-3-7;;/h7,9H,1-6H2;1H3;/q;-1;+1. The number of hydrogen-bond acceptors (Lipinski definition) is 1. The van der Waals surface area contributed by atoms with Crippen LogP contribution in [0.3, 0.4) is 0 Å². The van der Waals surface area contributed by atoms with Gasteiger partial charge in [-0.3, -0.25) is 4.39 Å². The van der Waals surface area contributed by atoms with Crippen LogP contribution in [0.2, 0.25) is 0 Å². The molecule has 1 saturated heterocycles. The van der Waals surface area contributed by atoms with Crippen LogP contribution in [0.25, 0.3) is 0 Å². The Morgan fingerprint density at radius 2 is 1.82 bits per heavy atom. The molecule has 1 aliphatic heterocycles. The van der Waals surface area contributed by atoms with Crippen molar-refractivity contribution in [3.8, 4) is 0 Å². The largest absolute Gasteiger partial charge is 1.00 e. The van der Waals surface area contributed by atoms with E-state index in [-0.39, 0.29) is 65.5 Å². The molecule has 0 aromatic carbocycles. The van der Waals surface area contributed by atoms with Crippen LogP contribution in [-0.2, 0) is 0 Å². The van der Waals surface area contributed by atoms with Crippen LogP contribution in [0.1, 0.15) is 19.3 Å². The zero-order chi connectivity index (χ0) is 6.53. The fraction of sp³-hybridized carbons (Fsp3) is 0.875. The zero-order valence-corrected chi connectivity index (χ0v) is 10.8. The molecule has 0 spiro atoms. The van der Waals surface area contributed by atoms with Crippen LogP contribution in [0.15, 0.2) is 0 Å². The molecule has 0 aliphatic carbocycles. The predicted molar refractivity (Wildman–Crippen MR) is 42.6 cm³/mol. The Hall–Kier alpha value is 1.53. The van der Waals surface area contributed by atoms with Crippen LogP contribution in [0, 0.1) is 13.3 Å². The molecule has 0 aromatic heterocycles. The summed E-state index contributed by atoms with van der Waals surface area (Å²) in [4.78, 5) is 0. The number of piperidine rings is 1. The van der Waals surface area contributed by atoms with Crippen molar-refractivity contribution in [3.63, 3.8) is 0 Å². The van der Waals surface area contributed by atoms with Gasteiger partial charge in [-0.15, -0.1) is 0 Å². The molecule has 0 aromatic rings. The van der Waals surface area contributed by atoms with Crippen molar-refractivity contribution in [2.75, 3.05) is 19.8 Å². The van der Waals surface area contributed by atoms with Gasteiger partial charge in [-0.25, -0.2) is 0 Å². The van der Waals surface area contributed by atoms with E-state index in [0.717, 1.165) is 19.5 Å². The summed E-state index contributed by atoms with van der Waals surface area (Å²) in [6.45, 7) is 2.04. The average Bonchev–Trinajstić information content (AvgIpc) is 1.91. The first kappa shape index (κ1) is 15.0. The zero-order valence-electron chi connectivity index (χ0n) is 7.70. The second kappa shape index (κ2) is 9.61. The summed E-state index contributed by atoms with van der Waals surface area (Å²) in [7, 11) is 0. The van der Waals surface area contributed by atoms with Gasteiger partial charge in [-0.1, -0.05) is 0 Å². The van der Waals surface area contributed by atoms with Crippen molar-refractivity contribution in [2.45, 2.75) is 19.3 Å². The van der Waals surface area contributed by atoms with Crippen LogP contribution in [0.4, 0.5) is 4.39 Å². The SMILES string of the molecule is FCCC1CCNCC1.[CH3-].[K+]. The van der Waals surface area contributed by atoms with E-state index in [0.29, 0.717) is 5.92 Å². The van der Waals surface area contributed by atoms with Gasteiger partial charge in [0.1, 0.15) is 0 Å². The Bertz CT molecular complexity index is 71.7. The molecule has 1 rings (SSSR count). The summed E-state index contributed by atoms with van der Waals surface area (Å²) in [6.07, 6.45) is 3.12. The summed E-state index contributed by atoms with van der Waals surface area (Å²) >= 11 is 0. The Morgan fingerprint density at radius 3 is 2.27 bits per heavy atom. The van der Waals surface area contributed by atoms with E-state index in [9.17, 15) is 4.39 Å². The maximum atomic E-state index is 11.8. The molecule has 1 fully saturated rings. The Kier molecular flexibility index (Phi) is 13.1. The molecule has 1 N–H and O–H groups in total. The molecule has 1 heterocycles. The molecule has 1 nitrogen and oxygen atoms in total. The maximum Gasteiger partial charge on any atom is 1.00 e. The van der Waals surface area contributed by atoms with Gasteiger partial charge < -0.3 is 12.7 Å². The molecule has 11 heavy (non-hydrogen) atoms. The first-order chi connectivity index (χ1) is 4.43. The Balaban J connectivity index is 0. The second-order valence-electron chi connectivity index (χ2n) is 2.67. The quantitative estimate of drug-likeness (QED) is 0.421. The molecule has 0 unspecified atom stereocenters. The van der Waals surface area contributed by atoms with E-state index >= 15 is 0 Å². The van der Waals surface area contributed by atoms with Crippen molar-refractivity contribution in [2.24, 2.45) is 5.92 Å². The summed E-state index contributed by atoms with van der Waals surface area (Å²) in [5.41, 5.74) is 0. The van der Waals surface area contributed by atoms with Gasteiger partial charge in [0, 0.05) is 0 Å². The molecule has 3 heteroatoms. The van der Waals surface area contributed by atoms with Gasteiger partial charge in [-0.05, 0) is 38.3 Å². The van der Waals surface area contributed by atoms with Gasteiger partial charge in [0.25, 0.3) is 0 Å². The maximum absolute atomic E-state index is 11.8. The predicted octanol–water partition coefficient (Wildman–Crippen LogP) is -1.20. The third-order valence-corrected chi connectivity index (χ3v) is 1.98. The van der Waals surface area contributed by atoms with Crippen LogP contribution >= 0.6 is 0 Å². The Labute approximate surface area is 112 Å². The summed E-state index contributed by atoms with van der Waals surface area (Å²) < 4.78 is 11.8. The minimum absolute atomic E-state index is 0. The van der Waals surface area contributed by atoms with Crippen molar-refractivity contribution in [1.29, 1.82) is 0 Å². The third kappa shape index (κ3) is 6.67. The number of halogens is 1. The van der Waals surface area contributed by atoms with Crippen molar-refractivity contribution >= 4 is 0 Å². The van der Waals surface area contributed by atoms with Gasteiger partial charge in [0.2, 0.25) is 0 Å². The molecule has 1 aliphatic rings. The molecule has 0 radical (unpaired) electrons. The first-order valence-electron chi connectivity index (χ1n) is 3.70. The molecule has 0 amide bonds. The van der Waals surface area contributed by atoms with Gasteiger partial charge in [-0.2, -0.15) is 0 Å². The van der Waals surface area contributed by atoms with Crippen molar-refractivity contribution in [3.05, 3.63) is 7.43 Å². The van der Waals surface area contributed by atoms with Gasteiger partial charge >= 0.3 is 51.4 Å². The van der Waals surface area contributed by atoms with E-state index in [1.807, 2.05) is 0 Å². The first-order valence-corrected chi connectivity index (χ1v) is 3.70. The van der Waals surface area contributed by atoms with Crippen molar-refractivity contribution in [1.82, 2.24) is 5.32 Å². The summed E-state index contributed by atoms with van der Waals surface area (Å²) in [6, 6.07) is 0. The number of alkyl halides is 1.